The summed E-state index contributed by atoms with van der Waals surface area (Å²) in [4.78, 5) is 12.8. The molecule has 6 heteroatoms. The minimum Gasteiger partial charge on any atom is -0.494 e. The number of carbonyl (C=O) groups is 1. The first-order chi connectivity index (χ1) is 18.8. The lowest BCUT2D eigenvalue weighted by Crippen LogP contribution is -2.51. The lowest BCUT2D eigenvalue weighted by Gasteiger charge is -2.32. The third-order valence-electron chi connectivity index (χ3n) is 6.71. The molecule has 0 fully saturated rings. The molecule has 1 atom stereocenters. The number of halogens is 1. The summed E-state index contributed by atoms with van der Waals surface area (Å²) in [7, 11) is 6.14. The topological polar surface area (TPSA) is 44.8 Å². The maximum atomic E-state index is 12.8. The Bertz CT molecular complexity index is 1110. The summed E-state index contributed by atoms with van der Waals surface area (Å²) in [5.74, 6) is 1.53. The fourth-order valence-electron chi connectivity index (χ4n) is 4.29. The highest BCUT2D eigenvalue weighted by molar-refractivity contribution is 6.31. The number of hydrogen-bond acceptors (Lipinski definition) is 4. The predicted molar refractivity (Wildman–Crippen MR) is 158 cm³/mol. The van der Waals surface area contributed by atoms with Gasteiger partial charge in [0.1, 0.15) is 18.1 Å². The number of unbranched alkanes of at least 4 members (excludes halogenated alkanes) is 5. The van der Waals surface area contributed by atoms with Crippen molar-refractivity contribution in [3.63, 3.8) is 0 Å². The van der Waals surface area contributed by atoms with E-state index in [1.165, 1.54) is 0 Å². The molecule has 0 heterocycles. The highest BCUT2D eigenvalue weighted by atomic mass is 35.5. The van der Waals surface area contributed by atoms with E-state index in [1.807, 2.05) is 87.9 Å². The summed E-state index contributed by atoms with van der Waals surface area (Å²) in [5.41, 5.74) is 2.12. The molecular weight excluding hydrogens is 510 g/mol. The van der Waals surface area contributed by atoms with Crippen molar-refractivity contribution in [2.45, 2.75) is 57.6 Å². The van der Waals surface area contributed by atoms with Crippen molar-refractivity contribution in [2.24, 2.45) is 0 Å². The molecule has 1 unspecified atom stereocenters. The normalized spacial score (nSPS) is 12.1. The highest BCUT2D eigenvalue weighted by Crippen LogP contribution is 2.21. The van der Waals surface area contributed by atoms with Crippen molar-refractivity contribution >= 4 is 17.6 Å². The van der Waals surface area contributed by atoms with Gasteiger partial charge in [0.05, 0.1) is 34.4 Å². The second-order valence-electron chi connectivity index (χ2n) is 10.8. The van der Waals surface area contributed by atoms with Crippen LogP contribution in [0.5, 0.6) is 11.5 Å². The van der Waals surface area contributed by atoms with Crippen LogP contribution in [-0.2, 0) is 22.6 Å². The van der Waals surface area contributed by atoms with E-state index in [9.17, 15) is 4.79 Å². The summed E-state index contributed by atoms with van der Waals surface area (Å²) in [6.07, 6.45) is 7.09. The molecule has 0 aliphatic carbocycles. The Morgan fingerprint density at radius 2 is 1.28 bits per heavy atom. The molecule has 0 saturated carbocycles. The van der Waals surface area contributed by atoms with Crippen LogP contribution in [0.2, 0.25) is 5.02 Å². The van der Waals surface area contributed by atoms with Gasteiger partial charge in [-0.1, -0.05) is 85.8 Å². The van der Waals surface area contributed by atoms with Gasteiger partial charge in [-0.25, -0.2) is 4.79 Å². The molecule has 0 aliphatic heterocycles. The molecule has 3 aromatic rings. The molecule has 5 nitrogen and oxygen atoms in total. The molecule has 0 amide bonds. The Morgan fingerprint density at radius 1 is 0.718 bits per heavy atom. The second kappa shape index (κ2) is 16.2. The number of rotatable bonds is 17. The number of esters is 1. The first kappa shape index (κ1) is 30.5. The van der Waals surface area contributed by atoms with Gasteiger partial charge in [0.25, 0.3) is 0 Å². The number of benzene rings is 3. The van der Waals surface area contributed by atoms with Crippen LogP contribution >= 0.6 is 11.6 Å². The summed E-state index contributed by atoms with van der Waals surface area (Å²) >= 11 is 6.18. The largest absolute Gasteiger partial charge is 0.494 e. The van der Waals surface area contributed by atoms with Gasteiger partial charge in [-0.15, -0.1) is 0 Å². The zero-order chi connectivity index (χ0) is 27.9. The van der Waals surface area contributed by atoms with Crippen molar-refractivity contribution in [1.82, 2.24) is 0 Å². The minimum atomic E-state index is -0.204. The van der Waals surface area contributed by atoms with Crippen molar-refractivity contribution in [1.29, 1.82) is 0 Å². The molecule has 0 N–H and O–H groups in total. The van der Waals surface area contributed by atoms with E-state index < -0.39 is 0 Å². The van der Waals surface area contributed by atoms with Gasteiger partial charge in [0, 0.05) is 17.0 Å². The van der Waals surface area contributed by atoms with E-state index in [2.05, 4.69) is 12.1 Å². The Labute approximate surface area is 239 Å². The average molecular weight is 553 g/mol. The van der Waals surface area contributed by atoms with Gasteiger partial charge in [-0.2, -0.15) is 0 Å². The van der Waals surface area contributed by atoms with Gasteiger partial charge < -0.3 is 18.7 Å². The molecule has 0 radical (unpaired) electrons. The van der Waals surface area contributed by atoms with Crippen LogP contribution in [0.25, 0.3) is 0 Å². The number of ether oxygens (including phenoxy) is 3. The standard InChI is InChI=1S/C33H43ClNO4/c1-35(2,3)32(25-27-15-9-8-10-16-27)33(36)38-24-14-7-5-4-6-13-23-37-29-19-21-30(22-20-29)39-26-28-17-11-12-18-31(28)34/h8-12,15-22,32H,4-7,13-14,23-26H2,1-3H3/q+1. The first-order valence-electron chi connectivity index (χ1n) is 13.9. The van der Waals surface area contributed by atoms with Crippen molar-refractivity contribution in [3.05, 3.63) is 95.0 Å². The molecular formula is C33H43ClNO4+. The summed E-state index contributed by atoms with van der Waals surface area (Å²) in [5, 5.41) is 0.712. The molecule has 0 aromatic heterocycles. The van der Waals surface area contributed by atoms with Crippen molar-refractivity contribution in [3.8, 4) is 11.5 Å². The summed E-state index contributed by atoms with van der Waals surface area (Å²) < 4.78 is 17.9. The average Bonchev–Trinajstić information content (AvgIpc) is 2.93. The number of quaternary nitrogens is 1. The molecule has 210 valence electrons. The third kappa shape index (κ3) is 11.3. The molecule has 0 bridgehead atoms. The van der Waals surface area contributed by atoms with E-state index in [1.54, 1.807) is 0 Å². The second-order valence-corrected chi connectivity index (χ2v) is 11.2. The highest BCUT2D eigenvalue weighted by Gasteiger charge is 2.33. The maximum Gasteiger partial charge on any atom is 0.365 e. The Hall–Kier alpha value is -3.02. The van der Waals surface area contributed by atoms with Gasteiger partial charge >= 0.3 is 5.97 Å². The van der Waals surface area contributed by atoms with Crippen LogP contribution in [0.15, 0.2) is 78.9 Å². The van der Waals surface area contributed by atoms with Crippen LogP contribution < -0.4 is 9.47 Å². The van der Waals surface area contributed by atoms with Gasteiger partial charge in [0.15, 0.2) is 6.04 Å². The molecule has 3 rings (SSSR count). The van der Waals surface area contributed by atoms with Crippen LogP contribution in [0.4, 0.5) is 0 Å². The SMILES string of the molecule is C[N+](C)(C)C(Cc1ccccc1)C(=O)OCCCCCCCCOc1ccc(OCc2ccccc2Cl)cc1. The maximum absolute atomic E-state index is 12.8. The molecule has 39 heavy (non-hydrogen) atoms. The smallest absolute Gasteiger partial charge is 0.365 e. The van der Waals surface area contributed by atoms with Crippen LogP contribution in [0.1, 0.15) is 49.7 Å². The number of nitrogens with zero attached hydrogens (tertiary/aromatic N) is 1. The monoisotopic (exact) mass is 552 g/mol. The van der Waals surface area contributed by atoms with Gasteiger partial charge in [0.2, 0.25) is 0 Å². The van der Waals surface area contributed by atoms with Crippen molar-refractivity contribution < 1.29 is 23.5 Å². The van der Waals surface area contributed by atoms with E-state index in [0.717, 1.165) is 61.2 Å². The quantitative estimate of drug-likeness (QED) is 0.0988. The van der Waals surface area contributed by atoms with Gasteiger partial charge in [-0.3, -0.25) is 0 Å². The number of carbonyl (C=O) groups excluding carboxylic acids is 1. The zero-order valence-corrected chi connectivity index (χ0v) is 24.4. The first-order valence-corrected chi connectivity index (χ1v) is 14.3. The summed E-state index contributed by atoms with van der Waals surface area (Å²) in [6, 6.07) is 25.4. The van der Waals surface area contributed by atoms with Crippen LogP contribution in [0, 0.1) is 0 Å². The van der Waals surface area contributed by atoms with E-state index >= 15 is 0 Å². The van der Waals surface area contributed by atoms with Gasteiger partial charge in [-0.05, 0) is 48.7 Å². The van der Waals surface area contributed by atoms with E-state index in [4.69, 9.17) is 25.8 Å². The molecule has 0 spiro atoms. The zero-order valence-electron chi connectivity index (χ0n) is 23.6. The van der Waals surface area contributed by atoms with Crippen LogP contribution in [0.3, 0.4) is 0 Å². The molecule has 0 aliphatic rings. The fourth-order valence-corrected chi connectivity index (χ4v) is 4.48. The Morgan fingerprint density at radius 3 is 1.92 bits per heavy atom. The number of hydrogen-bond donors (Lipinski definition) is 0. The molecule has 0 saturated heterocycles. The fraction of sp³-hybridized carbons (Fsp3) is 0.424. The van der Waals surface area contributed by atoms with Crippen molar-refractivity contribution in [2.75, 3.05) is 34.4 Å². The van der Waals surface area contributed by atoms with E-state index in [0.29, 0.717) is 35.7 Å². The molecule has 3 aromatic carbocycles. The Kier molecular flexibility index (Phi) is 12.7. The Balaban J connectivity index is 1.22. The lowest BCUT2D eigenvalue weighted by atomic mass is 10.0. The van der Waals surface area contributed by atoms with Crippen LogP contribution in [-0.4, -0.2) is 50.9 Å². The van der Waals surface area contributed by atoms with E-state index in [-0.39, 0.29) is 12.0 Å². The summed E-state index contributed by atoms with van der Waals surface area (Å²) in [6.45, 7) is 1.63. The lowest BCUT2D eigenvalue weighted by molar-refractivity contribution is -0.887. The predicted octanol–water partition coefficient (Wildman–Crippen LogP) is 7.50. The minimum absolute atomic E-state index is 0.108. The third-order valence-corrected chi connectivity index (χ3v) is 7.08. The number of likely N-dealkylation sites (N-methyl/N-ethyl adjacent to an activating group) is 1.